The quantitative estimate of drug-likeness (QED) is 0.305. The minimum Gasteiger partial charge on any atom is -0.375 e. The molecule has 3 aliphatic rings. The van der Waals surface area contributed by atoms with E-state index < -0.39 is 0 Å². The summed E-state index contributed by atoms with van der Waals surface area (Å²) in [6.45, 7) is 6.06. The maximum Gasteiger partial charge on any atom is 0.184 e. The Morgan fingerprint density at radius 3 is 2.54 bits per heavy atom. The summed E-state index contributed by atoms with van der Waals surface area (Å²) in [5.74, 6) is 1.31. The van der Waals surface area contributed by atoms with Crippen LogP contribution in [0, 0.1) is 17.7 Å². The average Bonchev–Trinajstić information content (AvgIpc) is 2.90. The molecule has 2 atom stereocenters. The zero-order valence-corrected chi connectivity index (χ0v) is 22.8. The van der Waals surface area contributed by atoms with Crippen LogP contribution in [-0.2, 0) is 6.54 Å². The Morgan fingerprint density at radius 2 is 1.78 bits per heavy atom. The Balaban J connectivity index is 1.34. The fourth-order valence-corrected chi connectivity index (χ4v) is 6.43. The molecule has 2 aromatic carbocycles. The maximum atomic E-state index is 15.5. The van der Waals surface area contributed by atoms with E-state index >= 15 is 4.39 Å². The number of halogens is 2. The first-order valence-corrected chi connectivity index (χ1v) is 14.1. The monoisotopic (exact) mass is 542 g/mol. The van der Waals surface area contributed by atoms with Crippen molar-refractivity contribution in [1.82, 2.24) is 10.3 Å². The third kappa shape index (κ3) is 6.36. The molecule has 6 nitrogen and oxygen atoms in total. The van der Waals surface area contributed by atoms with Gasteiger partial charge in [-0.3, -0.25) is 10.3 Å². The molecule has 0 amide bonds. The molecule has 0 radical (unpaired) electrons. The van der Waals surface area contributed by atoms with Gasteiger partial charge in [0.05, 0.1) is 11.9 Å². The molecular weight excluding hydrogens is 507 g/mol. The van der Waals surface area contributed by atoms with Crippen LogP contribution in [0.5, 0.6) is 0 Å². The number of fused-ring (bicyclic) bond motifs is 1. The predicted octanol–water partition coefficient (Wildman–Crippen LogP) is 4.98. The summed E-state index contributed by atoms with van der Waals surface area (Å²) in [7, 11) is 0. The molecule has 5 rings (SSSR count). The highest BCUT2D eigenvalue weighted by Gasteiger charge is 2.32. The number of piperidine rings is 1. The molecule has 9 heteroatoms. The second kappa shape index (κ2) is 12.0. The maximum absolute atomic E-state index is 15.5. The Bertz CT molecular complexity index is 1140. The molecule has 198 valence electrons. The van der Waals surface area contributed by atoms with Gasteiger partial charge >= 0.3 is 0 Å². The van der Waals surface area contributed by atoms with Gasteiger partial charge in [0.25, 0.3) is 0 Å². The number of hydrazone groups is 1. The first-order chi connectivity index (χ1) is 18.0. The highest BCUT2D eigenvalue weighted by molar-refractivity contribution is 7.80. The van der Waals surface area contributed by atoms with Gasteiger partial charge in [-0.2, -0.15) is 5.10 Å². The number of piperazine rings is 1. The zero-order chi connectivity index (χ0) is 25.8. The van der Waals surface area contributed by atoms with Gasteiger partial charge in [0, 0.05) is 62.1 Å². The number of anilines is 2. The number of benzene rings is 2. The van der Waals surface area contributed by atoms with Crippen molar-refractivity contribution >= 4 is 46.5 Å². The van der Waals surface area contributed by atoms with E-state index in [1.165, 1.54) is 32.1 Å². The van der Waals surface area contributed by atoms with E-state index in [-0.39, 0.29) is 10.9 Å². The number of thiocarbonyl (C=S) groups is 1. The molecule has 2 aliphatic heterocycles. The molecule has 3 fully saturated rings. The molecule has 0 aromatic heterocycles. The predicted molar refractivity (Wildman–Crippen MR) is 155 cm³/mol. The number of hydrogen-bond donors (Lipinski definition) is 2. The Morgan fingerprint density at radius 1 is 1.03 bits per heavy atom. The molecular formula is C28H36ClFN6S. The Labute approximate surface area is 229 Å². The minimum absolute atomic E-state index is 0.0903. The van der Waals surface area contributed by atoms with Gasteiger partial charge in [0.15, 0.2) is 5.11 Å². The molecule has 3 N–H and O–H groups in total. The molecule has 0 bridgehead atoms. The van der Waals surface area contributed by atoms with E-state index in [4.69, 9.17) is 29.6 Å². The second-order valence-corrected chi connectivity index (χ2v) is 11.3. The van der Waals surface area contributed by atoms with Gasteiger partial charge in [0.1, 0.15) is 5.82 Å². The minimum atomic E-state index is -0.229. The lowest BCUT2D eigenvalue weighted by Crippen LogP contribution is -2.46. The second-order valence-electron chi connectivity index (χ2n) is 10.5. The van der Waals surface area contributed by atoms with E-state index in [1.54, 1.807) is 12.3 Å². The first-order valence-electron chi connectivity index (χ1n) is 13.4. The molecule has 0 unspecified atom stereocenters. The largest absolute Gasteiger partial charge is 0.375 e. The van der Waals surface area contributed by atoms with Gasteiger partial charge in [-0.05, 0) is 60.7 Å². The SMILES string of the molecule is NC(=S)NN=Cc1cc(F)c(N2CCN(Cc3ccccc3Cl)CC2)cc1N1CC[C@@H]2CCCC[C@@H]2C1. The van der Waals surface area contributed by atoms with E-state index in [0.29, 0.717) is 11.6 Å². The highest BCUT2D eigenvalue weighted by atomic mass is 35.5. The van der Waals surface area contributed by atoms with E-state index in [2.05, 4.69) is 31.3 Å². The van der Waals surface area contributed by atoms with Crippen LogP contribution in [0.4, 0.5) is 15.8 Å². The Kier molecular flexibility index (Phi) is 8.47. The molecule has 0 spiro atoms. The van der Waals surface area contributed by atoms with Crippen LogP contribution < -0.4 is 21.0 Å². The first kappa shape index (κ1) is 26.2. The molecule has 2 heterocycles. The normalized spacial score (nSPS) is 22.8. The fourth-order valence-electron chi connectivity index (χ4n) is 6.19. The Hall–Kier alpha value is -2.42. The number of nitrogens with two attached hydrogens (primary N) is 1. The van der Waals surface area contributed by atoms with Crippen molar-refractivity contribution in [2.75, 3.05) is 49.1 Å². The van der Waals surface area contributed by atoms with Gasteiger partial charge in [-0.15, -0.1) is 0 Å². The molecule has 2 aromatic rings. The van der Waals surface area contributed by atoms with Crippen molar-refractivity contribution < 1.29 is 4.39 Å². The van der Waals surface area contributed by atoms with E-state index in [0.717, 1.165) is 73.6 Å². The van der Waals surface area contributed by atoms with Gasteiger partial charge < -0.3 is 15.5 Å². The van der Waals surface area contributed by atoms with Gasteiger partial charge in [-0.25, -0.2) is 4.39 Å². The lowest BCUT2D eigenvalue weighted by Gasteiger charge is -2.43. The molecule has 37 heavy (non-hydrogen) atoms. The number of rotatable bonds is 6. The summed E-state index contributed by atoms with van der Waals surface area (Å²) in [4.78, 5) is 6.99. The van der Waals surface area contributed by atoms with E-state index in [9.17, 15) is 0 Å². The summed E-state index contributed by atoms with van der Waals surface area (Å²) in [5.41, 5.74) is 11.7. The van der Waals surface area contributed by atoms with Crippen molar-refractivity contribution in [2.24, 2.45) is 22.7 Å². The van der Waals surface area contributed by atoms with Crippen LogP contribution in [0.2, 0.25) is 5.02 Å². The van der Waals surface area contributed by atoms with Crippen molar-refractivity contribution in [3.8, 4) is 0 Å². The summed E-state index contributed by atoms with van der Waals surface area (Å²) in [5, 5.41) is 5.04. The van der Waals surface area contributed by atoms with Crippen LogP contribution in [0.1, 0.15) is 43.2 Å². The summed E-state index contributed by atoms with van der Waals surface area (Å²) in [6.07, 6.45) is 8.13. The lowest BCUT2D eigenvalue weighted by atomic mass is 9.75. The fraction of sp³-hybridized carbons (Fsp3) is 0.500. The van der Waals surface area contributed by atoms with Crippen molar-refractivity contribution in [3.05, 3.63) is 58.4 Å². The molecule has 2 saturated heterocycles. The number of nitrogens with zero attached hydrogens (tertiary/aromatic N) is 4. The van der Waals surface area contributed by atoms with Crippen LogP contribution in [0.15, 0.2) is 41.5 Å². The van der Waals surface area contributed by atoms with Crippen LogP contribution in [0.25, 0.3) is 0 Å². The summed E-state index contributed by atoms with van der Waals surface area (Å²) < 4.78 is 15.5. The standard InChI is InChI=1S/C28H36ClFN6S/c29-24-8-4-3-7-22(24)18-34-11-13-35(14-12-34)27-16-26(23(15-25(27)30)17-32-33-28(31)37)36-10-9-20-5-1-2-6-21(20)19-36/h3-4,7-8,15-17,20-21H,1-2,5-6,9-14,18-19H2,(H3,31,33,37)/t20-,21+/m0/s1. The molecule has 1 aliphatic carbocycles. The number of hydrogen-bond acceptors (Lipinski definition) is 5. The lowest BCUT2D eigenvalue weighted by molar-refractivity contribution is 0.202. The third-order valence-corrected chi connectivity index (χ3v) is 8.63. The van der Waals surface area contributed by atoms with Crippen molar-refractivity contribution in [1.29, 1.82) is 0 Å². The number of nitrogens with one attached hydrogen (secondary N) is 1. The van der Waals surface area contributed by atoms with E-state index in [1.807, 2.05) is 24.3 Å². The smallest absolute Gasteiger partial charge is 0.184 e. The summed E-state index contributed by atoms with van der Waals surface area (Å²) in [6, 6.07) is 11.6. The summed E-state index contributed by atoms with van der Waals surface area (Å²) >= 11 is 11.2. The zero-order valence-electron chi connectivity index (χ0n) is 21.2. The van der Waals surface area contributed by atoms with Crippen LogP contribution in [-0.4, -0.2) is 55.5 Å². The van der Waals surface area contributed by atoms with Crippen LogP contribution in [0.3, 0.4) is 0 Å². The topological polar surface area (TPSA) is 60.1 Å². The third-order valence-electron chi connectivity index (χ3n) is 8.17. The molecule has 1 saturated carbocycles. The van der Waals surface area contributed by atoms with Crippen molar-refractivity contribution in [2.45, 2.75) is 38.6 Å². The van der Waals surface area contributed by atoms with Gasteiger partial charge in [-0.1, -0.05) is 49.1 Å². The average molecular weight is 543 g/mol. The van der Waals surface area contributed by atoms with Crippen molar-refractivity contribution in [3.63, 3.8) is 0 Å². The van der Waals surface area contributed by atoms with Crippen LogP contribution >= 0.6 is 23.8 Å². The highest BCUT2D eigenvalue weighted by Crippen LogP contribution is 2.39. The van der Waals surface area contributed by atoms with Gasteiger partial charge in [0.2, 0.25) is 0 Å².